The van der Waals surface area contributed by atoms with Crippen molar-refractivity contribution in [2.75, 3.05) is 0 Å². The Morgan fingerprint density at radius 3 is 1.33 bits per heavy atom. The van der Waals surface area contributed by atoms with Gasteiger partial charge >= 0.3 is 0 Å². The third kappa shape index (κ3) is 5.90. The van der Waals surface area contributed by atoms with Crippen LogP contribution in [0.1, 0.15) is 0 Å². The van der Waals surface area contributed by atoms with E-state index in [9.17, 15) is 0 Å². The van der Waals surface area contributed by atoms with E-state index in [1.165, 1.54) is 138 Å². The first-order valence-corrected chi connectivity index (χ1v) is 22.2. The van der Waals surface area contributed by atoms with Crippen LogP contribution in [0.15, 0.2) is 176 Å². The average Bonchev–Trinajstić information content (AvgIpc) is 3.87. The standard InChI is InChI=1S/C54H43B7N2/c55-46-42(47(56)51(60)53-44(46)45-48(57)49(58)50(59)52(61)54(45)63(53)39-25-13-11-22-35(39)31-17-6-2-7-18-31)33-27-28-40-37(29-33)43-36(32-19-8-3-9-20-32)23-14-26-41(43)62(40)38-24-12-10-21-34(38)30-15-4-1-5-16-30/h1-29H,55-61H2. The minimum atomic E-state index is 1.17. The van der Waals surface area contributed by atoms with Gasteiger partial charge in [-0.15, -0.1) is 5.46 Å². The number of fused-ring (bicyclic) bond motifs is 6. The molecule has 2 aromatic heterocycles. The molecule has 0 aliphatic heterocycles. The van der Waals surface area contributed by atoms with Crippen molar-refractivity contribution in [1.29, 1.82) is 0 Å². The van der Waals surface area contributed by atoms with Gasteiger partial charge in [0, 0.05) is 38.3 Å². The van der Waals surface area contributed by atoms with Crippen molar-refractivity contribution >= 4 is 137 Å². The maximum atomic E-state index is 2.61. The molecule has 9 heteroatoms. The SMILES string of the molecule is Bc1c(B)c(B)c2c(c1B)c1c(B)c(-c3ccc4c(c3)c3c(-c5ccccc5)cccc3n4-c3ccccc3-c3ccccc3)c(B)c(B)c1n2-c1ccccc1-c1ccccc1. The van der Waals surface area contributed by atoms with Crippen LogP contribution in [-0.2, 0) is 0 Å². The molecule has 0 radical (unpaired) electrons. The quantitative estimate of drug-likeness (QED) is 0.229. The van der Waals surface area contributed by atoms with E-state index in [0.29, 0.717) is 0 Å². The maximum absolute atomic E-state index is 2.61. The van der Waals surface area contributed by atoms with Gasteiger partial charge in [-0.2, -0.15) is 0 Å². The van der Waals surface area contributed by atoms with E-state index >= 15 is 0 Å². The largest absolute Gasteiger partial charge is 0.310 e. The zero-order valence-electron chi connectivity index (χ0n) is 37.1. The molecule has 2 heterocycles. The molecule has 0 aliphatic carbocycles. The van der Waals surface area contributed by atoms with Gasteiger partial charge in [0.15, 0.2) is 0 Å². The molecule has 0 atom stereocenters. The van der Waals surface area contributed by atoms with Gasteiger partial charge in [0.2, 0.25) is 0 Å². The van der Waals surface area contributed by atoms with Crippen LogP contribution in [0.2, 0.25) is 0 Å². The Labute approximate surface area is 375 Å². The normalized spacial score (nSPS) is 11.6. The maximum Gasteiger partial charge on any atom is 0.141 e. The summed E-state index contributed by atoms with van der Waals surface area (Å²) in [5.74, 6) is 0. The Balaban J connectivity index is 1.25. The second-order valence-electron chi connectivity index (χ2n) is 17.4. The molecular formula is C54H43B7N2. The lowest BCUT2D eigenvalue weighted by molar-refractivity contribution is 1.18. The highest BCUT2D eigenvalue weighted by Crippen LogP contribution is 2.42. The summed E-state index contributed by atoms with van der Waals surface area (Å²) >= 11 is 0. The monoisotopic (exact) mass is 796 g/mol. The van der Waals surface area contributed by atoms with Gasteiger partial charge in [-0.25, -0.2) is 0 Å². The molecule has 0 fully saturated rings. The van der Waals surface area contributed by atoms with Crippen molar-refractivity contribution < 1.29 is 0 Å². The first kappa shape index (κ1) is 38.9. The van der Waals surface area contributed by atoms with Crippen LogP contribution in [-0.4, -0.2) is 64.1 Å². The van der Waals surface area contributed by atoms with Gasteiger partial charge in [0.1, 0.15) is 54.9 Å². The van der Waals surface area contributed by atoms with Gasteiger partial charge in [-0.05, 0) is 69.1 Å². The number of rotatable bonds is 6. The summed E-state index contributed by atoms with van der Waals surface area (Å²) in [6.45, 7) is 0. The van der Waals surface area contributed by atoms with Crippen LogP contribution >= 0.6 is 0 Å². The molecule has 9 aromatic carbocycles. The van der Waals surface area contributed by atoms with Crippen molar-refractivity contribution in [3.63, 3.8) is 0 Å². The van der Waals surface area contributed by atoms with Crippen molar-refractivity contribution in [3.05, 3.63) is 176 Å². The Morgan fingerprint density at radius 1 is 0.286 bits per heavy atom. The summed E-state index contributed by atoms with van der Waals surface area (Å²) in [4.78, 5) is 0. The van der Waals surface area contributed by atoms with E-state index in [0.717, 1.165) is 0 Å². The first-order chi connectivity index (χ1) is 30.7. The molecule has 0 spiro atoms. The van der Waals surface area contributed by atoms with Crippen LogP contribution < -0.4 is 38.2 Å². The van der Waals surface area contributed by atoms with E-state index in [1.807, 2.05) is 0 Å². The second kappa shape index (κ2) is 15.1. The lowest BCUT2D eigenvalue weighted by atomic mass is 9.64. The summed E-state index contributed by atoms with van der Waals surface area (Å²) in [7, 11) is 16.3. The molecule has 2 nitrogen and oxygen atoms in total. The smallest absolute Gasteiger partial charge is 0.141 e. The Morgan fingerprint density at radius 2 is 0.746 bits per heavy atom. The highest BCUT2D eigenvalue weighted by molar-refractivity contribution is 6.69. The molecule has 0 bridgehead atoms. The summed E-state index contributed by atoms with van der Waals surface area (Å²) in [5.41, 5.74) is 26.6. The van der Waals surface area contributed by atoms with E-state index < -0.39 is 0 Å². The molecule has 0 N–H and O–H groups in total. The van der Waals surface area contributed by atoms with Gasteiger partial charge in [0.25, 0.3) is 0 Å². The van der Waals surface area contributed by atoms with E-state index in [-0.39, 0.29) is 0 Å². The summed E-state index contributed by atoms with van der Waals surface area (Å²) in [6, 6.07) is 64.4. The topological polar surface area (TPSA) is 9.86 Å². The number of hydrogen-bond acceptors (Lipinski definition) is 0. The molecule has 0 unspecified atom stereocenters. The lowest BCUT2D eigenvalue weighted by Gasteiger charge is -2.20. The molecule has 0 saturated heterocycles. The fourth-order valence-electron chi connectivity index (χ4n) is 10.8. The first-order valence-electron chi connectivity index (χ1n) is 22.2. The van der Waals surface area contributed by atoms with Crippen molar-refractivity contribution in [2.45, 2.75) is 0 Å². The molecule has 11 rings (SSSR count). The molecule has 63 heavy (non-hydrogen) atoms. The predicted molar refractivity (Wildman–Crippen MR) is 294 cm³/mol. The van der Waals surface area contributed by atoms with Gasteiger partial charge in [0.05, 0.1) is 22.4 Å². The van der Waals surface area contributed by atoms with Gasteiger partial charge < -0.3 is 9.13 Å². The second-order valence-corrected chi connectivity index (χ2v) is 17.4. The van der Waals surface area contributed by atoms with Crippen molar-refractivity contribution in [1.82, 2.24) is 9.13 Å². The highest BCUT2D eigenvalue weighted by atomic mass is 15.0. The average molecular weight is 796 g/mol. The fraction of sp³-hybridized carbons (Fsp3) is 0. The number of nitrogens with zero attached hydrogens (tertiary/aromatic N) is 2. The minimum Gasteiger partial charge on any atom is -0.310 e. The fourth-order valence-corrected chi connectivity index (χ4v) is 10.8. The number of hydrogen-bond donors (Lipinski definition) is 0. The number of benzene rings is 9. The number of aromatic nitrogens is 2. The van der Waals surface area contributed by atoms with Crippen molar-refractivity contribution in [2.24, 2.45) is 0 Å². The third-order valence-corrected chi connectivity index (χ3v) is 14.3. The molecule has 0 amide bonds. The number of para-hydroxylation sites is 2. The Kier molecular flexibility index (Phi) is 9.35. The molecule has 290 valence electrons. The van der Waals surface area contributed by atoms with Crippen LogP contribution in [0.25, 0.3) is 99.5 Å². The Bertz CT molecular complexity index is 3630. The predicted octanol–water partition coefficient (Wildman–Crippen LogP) is 2.36. The van der Waals surface area contributed by atoms with Crippen LogP contribution in [0.5, 0.6) is 0 Å². The summed E-state index contributed by atoms with van der Waals surface area (Å²) < 4.78 is 5.10. The van der Waals surface area contributed by atoms with Gasteiger partial charge in [-0.3, -0.25) is 0 Å². The van der Waals surface area contributed by atoms with Crippen LogP contribution in [0, 0.1) is 0 Å². The molecule has 11 aromatic rings. The third-order valence-electron chi connectivity index (χ3n) is 14.3. The van der Waals surface area contributed by atoms with E-state index in [1.54, 1.807) is 0 Å². The minimum absolute atomic E-state index is 1.17. The highest BCUT2D eigenvalue weighted by Gasteiger charge is 2.26. The van der Waals surface area contributed by atoms with E-state index in [2.05, 4.69) is 240 Å². The zero-order chi connectivity index (χ0) is 43.1. The van der Waals surface area contributed by atoms with E-state index in [4.69, 9.17) is 0 Å². The van der Waals surface area contributed by atoms with Crippen LogP contribution in [0.3, 0.4) is 0 Å². The molecule has 0 aliphatic rings. The molecular weight excluding hydrogens is 752 g/mol. The van der Waals surface area contributed by atoms with Crippen molar-refractivity contribution in [3.8, 4) is 55.9 Å². The summed E-state index contributed by atoms with van der Waals surface area (Å²) in [5, 5.41) is 5.22. The van der Waals surface area contributed by atoms with Gasteiger partial charge in [-0.1, -0.05) is 178 Å². The Hall–Kier alpha value is -6.97. The van der Waals surface area contributed by atoms with Crippen LogP contribution in [0.4, 0.5) is 0 Å². The lowest BCUT2D eigenvalue weighted by Crippen LogP contribution is -2.48. The zero-order valence-corrected chi connectivity index (χ0v) is 37.1. The molecule has 0 saturated carbocycles. The summed E-state index contributed by atoms with van der Waals surface area (Å²) in [6.07, 6.45) is 0.